The van der Waals surface area contributed by atoms with Crippen LogP contribution in [-0.2, 0) is 4.79 Å². The van der Waals surface area contributed by atoms with Crippen LogP contribution in [-0.4, -0.2) is 43.5 Å². The van der Waals surface area contributed by atoms with Crippen molar-refractivity contribution in [1.29, 1.82) is 0 Å². The second kappa shape index (κ2) is 7.40. The Kier molecular flexibility index (Phi) is 4.81. The summed E-state index contributed by atoms with van der Waals surface area (Å²) in [5, 5.41) is 5.86. The van der Waals surface area contributed by atoms with E-state index < -0.39 is 0 Å². The molecule has 0 radical (unpaired) electrons. The molecule has 0 atom stereocenters. The summed E-state index contributed by atoms with van der Waals surface area (Å²) < 4.78 is 13.3. The van der Waals surface area contributed by atoms with E-state index in [9.17, 15) is 9.18 Å². The van der Waals surface area contributed by atoms with Gasteiger partial charge in [0.1, 0.15) is 5.82 Å². The highest BCUT2D eigenvalue weighted by atomic mass is 19.1. The minimum absolute atomic E-state index is 0.228. The van der Waals surface area contributed by atoms with Gasteiger partial charge in [-0.1, -0.05) is 6.92 Å². The zero-order valence-corrected chi connectivity index (χ0v) is 15.3. The predicted octanol–water partition coefficient (Wildman–Crippen LogP) is 3.37. The molecule has 6 heteroatoms. The van der Waals surface area contributed by atoms with Crippen molar-refractivity contribution in [2.45, 2.75) is 6.92 Å². The fraction of sp³-hybridized carbons (Fsp3) is 0.286. The van der Waals surface area contributed by atoms with Crippen molar-refractivity contribution in [3.05, 3.63) is 60.0 Å². The van der Waals surface area contributed by atoms with Crippen LogP contribution in [0.15, 0.2) is 48.7 Å². The Hall–Kier alpha value is -2.86. The van der Waals surface area contributed by atoms with E-state index in [2.05, 4.69) is 39.5 Å². The molecule has 2 heterocycles. The Bertz CT molecular complexity index is 870. The quantitative estimate of drug-likeness (QED) is 0.815. The van der Waals surface area contributed by atoms with E-state index >= 15 is 0 Å². The van der Waals surface area contributed by atoms with Crippen molar-refractivity contribution in [2.75, 3.05) is 48.3 Å². The number of amides is 1. The topological polar surface area (TPSA) is 47.6 Å². The highest BCUT2D eigenvalue weighted by molar-refractivity contribution is 6.31. The van der Waals surface area contributed by atoms with Crippen LogP contribution in [0.4, 0.5) is 21.5 Å². The first-order valence-electron chi connectivity index (χ1n) is 9.29. The van der Waals surface area contributed by atoms with Gasteiger partial charge in [-0.25, -0.2) is 4.39 Å². The second-order valence-corrected chi connectivity index (χ2v) is 6.81. The van der Waals surface area contributed by atoms with Gasteiger partial charge in [-0.05, 0) is 49.0 Å². The number of rotatable bonds is 4. The minimum atomic E-state index is -0.362. The molecule has 2 aromatic rings. The zero-order valence-electron chi connectivity index (χ0n) is 15.3. The number of benzene rings is 2. The maximum Gasteiger partial charge on any atom is 0.257 e. The highest BCUT2D eigenvalue weighted by Crippen LogP contribution is 2.32. The lowest BCUT2D eigenvalue weighted by Crippen LogP contribution is -2.46. The highest BCUT2D eigenvalue weighted by Gasteiger charge is 2.24. The number of piperazine rings is 1. The van der Waals surface area contributed by atoms with Crippen LogP contribution >= 0.6 is 0 Å². The van der Waals surface area contributed by atoms with Crippen LogP contribution in [0.2, 0.25) is 0 Å². The maximum atomic E-state index is 13.3. The van der Waals surface area contributed by atoms with E-state index in [0.717, 1.165) is 38.4 Å². The molecule has 0 unspecified atom stereocenters. The molecule has 1 amide bonds. The molecule has 1 fully saturated rings. The van der Waals surface area contributed by atoms with Crippen molar-refractivity contribution in [3.8, 4) is 0 Å². The van der Waals surface area contributed by atoms with Gasteiger partial charge in [0.2, 0.25) is 0 Å². The molecular weight excluding hydrogens is 343 g/mol. The van der Waals surface area contributed by atoms with Gasteiger partial charge >= 0.3 is 0 Å². The van der Waals surface area contributed by atoms with Crippen LogP contribution in [0.25, 0.3) is 5.57 Å². The molecule has 2 aliphatic rings. The van der Waals surface area contributed by atoms with Gasteiger partial charge in [-0.2, -0.15) is 0 Å². The zero-order chi connectivity index (χ0) is 18.8. The second-order valence-electron chi connectivity index (χ2n) is 6.81. The van der Waals surface area contributed by atoms with E-state index in [1.54, 1.807) is 12.3 Å². The van der Waals surface area contributed by atoms with Gasteiger partial charge in [-0.3, -0.25) is 4.79 Å². The standard InChI is InChI=1S/C21H23FN4O/c1-2-25-9-11-26(12-10-25)17-6-4-16(5-7-17)23-14-19-18-8-3-15(22)13-20(18)24-21(19)27/h3-8,13-14,23H,2,9-12H2,1H3,(H,24,27)/b19-14+. The number of hydrogen-bond donors (Lipinski definition) is 2. The molecule has 2 aliphatic heterocycles. The molecule has 1 saturated heterocycles. The molecule has 0 aliphatic carbocycles. The van der Waals surface area contributed by atoms with E-state index in [1.807, 2.05) is 12.1 Å². The number of anilines is 3. The van der Waals surface area contributed by atoms with Gasteiger partial charge in [0.15, 0.2) is 0 Å². The first-order chi connectivity index (χ1) is 13.1. The summed E-state index contributed by atoms with van der Waals surface area (Å²) in [6.07, 6.45) is 1.67. The molecule has 2 N–H and O–H groups in total. The number of hydrogen-bond acceptors (Lipinski definition) is 4. The first kappa shape index (κ1) is 17.5. The van der Waals surface area contributed by atoms with Gasteiger partial charge in [0, 0.05) is 49.3 Å². The maximum absolute atomic E-state index is 13.3. The molecule has 4 rings (SSSR count). The van der Waals surface area contributed by atoms with Gasteiger partial charge in [-0.15, -0.1) is 0 Å². The monoisotopic (exact) mass is 366 g/mol. The Morgan fingerprint density at radius 2 is 1.85 bits per heavy atom. The number of carbonyl (C=O) groups excluding carboxylic acids is 1. The van der Waals surface area contributed by atoms with Gasteiger partial charge < -0.3 is 20.4 Å². The van der Waals surface area contributed by atoms with Crippen molar-refractivity contribution in [3.63, 3.8) is 0 Å². The molecular formula is C21H23FN4O. The summed E-state index contributed by atoms with van der Waals surface area (Å²) in [6.45, 7) is 7.57. The summed E-state index contributed by atoms with van der Waals surface area (Å²) in [7, 11) is 0. The molecule has 2 aromatic carbocycles. The van der Waals surface area contributed by atoms with Crippen LogP contribution in [0.1, 0.15) is 12.5 Å². The van der Waals surface area contributed by atoms with Crippen molar-refractivity contribution in [1.82, 2.24) is 4.90 Å². The molecule has 0 saturated carbocycles. The summed E-state index contributed by atoms with van der Waals surface area (Å²) in [4.78, 5) is 17.0. The minimum Gasteiger partial charge on any atom is -0.369 e. The summed E-state index contributed by atoms with van der Waals surface area (Å²) in [5.74, 6) is -0.591. The number of halogens is 1. The van der Waals surface area contributed by atoms with E-state index in [4.69, 9.17) is 0 Å². The lowest BCUT2D eigenvalue weighted by Gasteiger charge is -2.35. The Morgan fingerprint density at radius 1 is 1.11 bits per heavy atom. The normalized spacial score (nSPS) is 18.5. The summed E-state index contributed by atoms with van der Waals surface area (Å²) in [5.41, 5.74) is 3.84. The van der Waals surface area contributed by atoms with Crippen molar-refractivity contribution in [2.24, 2.45) is 0 Å². The Morgan fingerprint density at radius 3 is 2.56 bits per heavy atom. The summed E-state index contributed by atoms with van der Waals surface area (Å²) >= 11 is 0. The van der Waals surface area contributed by atoms with Crippen LogP contribution in [0, 0.1) is 5.82 Å². The molecule has 5 nitrogen and oxygen atoms in total. The Labute approximate surface area is 158 Å². The van der Waals surface area contributed by atoms with E-state index in [-0.39, 0.29) is 11.7 Å². The SMILES string of the molecule is CCN1CCN(c2ccc(N/C=C3/C(=O)Nc4cc(F)ccc43)cc2)CC1. The van der Waals surface area contributed by atoms with Gasteiger partial charge in [0.25, 0.3) is 5.91 Å². The third-order valence-electron chi connectivity index (χ3n) is 5.20. The smallest absolute Gasteiger partial charge is 0.257 e. The number of nitrogens with one attached hydrogen (secondary N) is 2. The third-order valence-corrected chi connectivity index (χ3v) is 5.20. The fourth-order valence-corrected chi connectivity index (χ4v) is 3.56. The number of fused-ring (bicyclic) bond motifs is 1. The fourth-order valence-electron chi connectivity index (χ4n) is 3.56. The summed E-state index contributed by atoms with van der Waals surface area (Å²) in [6, 6.07) is 12.5. The number of likely N-dealkylation sites (N-methyl/N-ethyl adjacent to an activating group) is 1. The molecule has 140 valence electrons. The number of nitrogens with zero attached hydrogens (tertiary/aromatic N) is 2. The molecule has 0 aromatic heterocycles. The predicted molar refractivity (Wildman–Crippen MR) is 107 cm³/mol. The lowest BCUT2D eigenvalue weighted by atomic mass is 10.1. The lowest BCUT2D eigenvalue weighted by molar-refractivity contribution is -0.110. The molecule has 0 bridgehead atoms. The van der Waals surface area contributed by atoms with Crippen LogP contribution < -0.4 is 15.5 Å². The average Bonchev–Trinajstić information content (AvgIpc) is 3.01. The third kappa shape index (κ3) is 3.66. The Balaban J connectivity index is 1.44. The number of carbonyl (C=O) groups is 1. The van der Waals surface area contributed by atoms with Crippen LogP contribution in [0.3, 0.4) is 0 Å². The molecule has 27 heavy (non-hydrogen) atoms. The van der Waals surface area contributed by atoms with E-state index in [0.29, 0.717) is 16.8 Å². The van der Waals surface area contributed by atoms with Gasteiger partial charge in [0.05, 0.1) is 11.3 Å². The average molecular weight is 366 g/mol. The largest absolute Gasteiger partial charge is 0.369 e. The van der Waals surface area contributed by atoms with Crippen molar-refractivity contribution < 1.29 is 9.18 Å². The molecule has 0 spiro atoms. The van der Waals surface area contributed by atoms with Crippen LogP contribution in [0.5, 0.6) is 0 Å². The van der Waals surface area contributed by atoms with Crippen molar-refractivity contribution >= 4 is 28.5 Å². The van der Waals surface area contributed by atoms with E-state index in [1.165, 1.54) is 17.8 Å². The first-order valence-corrected chi connectivity index (χ1v) is 9.29.